The Bertz CT molecular complexity index is 1140. The van der Waals surface area contributed by atoms with Crippen molar-refractivity contribution in [3.8, 4) is 11.1 Å². The first kappa shape index (κ1) is 22.6. The summed E-state index contributed by atoms with van der Waals surface area (Å²) in [5.74, 6) is -2.03. The number of nitro benzene ring substituents is 1. The lowest BCUT2D eigenvalue weighted by Crippen LogP contribution is -2.21. The molecule has 9 nitrogen and oxygen atoms in total. The molecular formula is C22H18N2O7S. The highest BCUT2D eigenvalue weighted by molar-refractivity contribution is 7.15. The number of nitrogens with one attached hydrogen (secondary N) is 1. The van der Waals surface area contributed by atoms with Crippen LogP contribution < -0.4 is 5.32 Å². The standard InChI is InChI=1S/C22H18N2O7S/c1-2-30-22(27)19-17(14-6-4-3-5-7-14)13-32-20(19)23-18(25)12-31-21(26)15-8-10-16(11-9-15)24(28)29/h3-11,13H,2,12H2,1H3,(H,23,25). The zero-order valence-corrected chi connectivity index (χ0v) is 17.7. The van der Waals surface area contributed by atoms with Gasteiger partial charge in [0.05, 0.1) is 17.1 Å². The Kier molecular flexibility index (Phi) is 7.29. The minimum absolute atomic E-state index is 0.0677. The number of carbonyl (C=O) groups is 3. The third kappa shape index (κ3) is 5.35. The summed E-state index contributed by atoms with van der Waals surface area (Å²) in [7, 11) is 0. The van der Waals surface area contributed by atoms with Crippen molar-refractivity contribution in [3.63, 3.8) is 0 Å². The minimum Gasteiger partial charge on any atom is -0.462 e. The molecular weight excluding hydrogens is 436 g/mol. The molecule has 3 rings (SSSR count). The Morgan fingerprint density at radius 2 is 1.69 bits per heavy atom. The first-order valence-electron chi connectivity index (χ1n) is 9.46. The van der Waals surface area contributed by atoms with Crippen LogP contribution in [-0.4, -0.2) is 36.0 Å². The van der Waals surface area contributed by atoms with Crippen LogP contribution in [0.1, 0.15) is 27.6 Å². The monoisotopic (exact) mass is 454 g/mol. The summed E-state index contributed by atoms with van der Waals surface area (Å²) in [5.41, 5.74) is 1.53. The number of rotatable bonds is 8. The normalized spacial score (nSPS) is 10.3. The fourth-order valence-electron chi connectivity index (χ4n) is 2.78. The minimum atomic E-state index is -0.809. The van der Waals surface area contributed by atoms with Gasteiger partial charge in [-0.05, 0) is 24.6 Å². The predicted octanol–water partition coefficient (Wildman–Crippen LogP) is 4.30. The van der Waals surface area contributed by atoms with Crippen LogP contribution >= 0.6 is 11.3 Å². The molecule has 164 valence electrons. The molecule has 0 saturated carbocycles. The first-order chi connectivity index (χ1) is 15.4. The quantitative estimate of drug-likeness (QED) is 0.306. The van der Waals surface area contributed by atoms with Crippen molar-refractivity contribution in [2.24, 2.45) is 0 Å². The number of anilines is 1. The van der Waals surface area contributed by atoms with Crippen molar-refractivity contribution < 1.29 is 28.8 Å². The van der Waals surface area contributed by atoms with E-state index in [0.717, 1.165) is 16.9 Å². The van der Waals surface area contributed by atoms with Crippen LogP contribution in [0.2, 0.25) is 0 Å². The largest absolute Gasteiger partial charge is 0.462 e. The lowest BCUT2D eigenvalue weighted by molar-refractivity contribution is -0.384. The van der Waals surface area contributed by atoms with E-state index in [0.29, 0.717) is 5.56 Å². The lowest BCUT2D eigenvalue weighted by Gasteiger charge is -2.09. The summed E-state index contributed by atoms with van der Waals surface area (Å²) in [5, 5.41) is 15.3. The smallest absolute Gasteiger partial charge is 0.341 e. The summed E-state index contributed by atoms with van der Waals surface area (Å²) in [6.45, 7) is 1.25. The molecule has 1 heterocycles. The maximum absolute atomic E-state index is 12.5. The van der Waals surface area contributed by atoms with E-state index in [1.54, 1.807) is 12.3 Å². The Balaban J connectivity index is 1.70. The van der Waals surface area contributed by atoms with E-state index in [9.17, 15) is 24.5 Å². The molecule has 0 aliphatic carbocycles. The van der Waals surface area contributed by atoms with Crippen molar-refractivity contribution in [1.82, 2.24) is 0 Å². The van der Waals surface area contributed by atoms with Gasteiger partial charge in [-0.3, -0.25) is 14.9 Å². The van der Waals surface area contributed by atoms with Gasteiger partial charge in [-0.1, -0.05) is 30.3 Å². The van der Waals surface area contributed by atoms with Gasteiger partial charge in [-0.25, -0.2) is 9.59 Å². The lowest BCUT2D eigenvalue weighted by atomic mass is 10.0. The summed E-state index contributed by atoms with van der Waals surface area (Å²) in [4.78, 5) is 47.1. The molecule has 1 amide bonds. The predicted molar refractivity (Wildman–Crippen MR) is 118 cm³/mol. The highest BCUT2D eigenvalue weighted by Gasteiger charge is 2.23. The Hall–Kier alpha value is -4.05. The molecule has 0 aliphatic heterocycles. The highest BCUT2D eigenvalue weighted by Crippen LogP contribution is 2.36. The fraction of sp³-hybridized carbons (Fsp3) is 0.136. The van der Waals surface area contributed by atoms with E-state index in [2.05, 4.69) is 5.32 Å². The second-order valence-corrected chi connectivity index (χ2v) is 7.25. The van der Waals surface area contributed by atoms with Gasteiger partial charge in [0.1, 0.15) is 10.6 Å². The summed E-state index contributed by atoms with van der Waals surface area (Å²) >= 11 is 1.15. The zero-order valence-electron chi connectivity index (χ0n) is 16.9. The number of benzene rings is 2. The van der Waals surface area contributed by atoms with Gasteiger partial charge in [0.15, 0.2) is 6.61 Å². The van der Waals surface area contributed by atoms with Gasteiger partial charge in [0.2, 0.25) is 0 Å². The highest BCUT2D eigenvalue weighted by atomic mass is 32.1. The van der Waals surface area contributed by atoms with Crippen molar-refractivity contribution in [3.05, 3.63) is 81.2 Å². The molecule has 0 spiro atoms. The molecule has 1 aromatic heterocycles. The first-order valence-corrected chi connectivity index (χ1v) is 10.3. The van der Waals surface area contributed by atoms with E-state index in [-0.39, 0.29) is 28.4 Å². The maximum atomic E-state index is 12.5. The van der Waals surface area contributed by atoms with Crippen LogP contribution in [0.3, 0.4) is 0 Å². The SMILES string of the molecule is CCOC(=O)c1c(-c2ccccc2)csc1NC(=O)COC(=O)c1ccc([N+](=O)[O-])cc1. The van der Waals surface area contributed by atoms with E-state index < -0.39 is 29.4 Å². The Morgan fingerprint density at radius 1 is 1.00 bits per heavy atom. The molecule has 0 bridgehead atoms. The second kappa shape index (κ2) is 10.3. The number of nitro groups is 1. The number of ether oxygens (including phenoxy) is 2. The van der Waals surface area contributed by atoms with Crippen LogP contribution in [0.25, 0.3) is 11.1 Å². The maximum Gasteiger partial charge on any atom is 0.341 e. The average Bonchev–Trinajstić information content (AvgIpc) is 3.21. The molecule has 0 atom stereocenters. The number of thiophene rings is 1. The van der Waals surface area contributed by atoms with Gasteiger partial charge in [0, 0.05) is 23.1 Å². The number of amides is 1. The summed E-state index contributed by atoms with van der Waals surface area (Å²) in [6.07, 6.45) is 0. The molecule has 0 fully saturated rings. The molecule has 32 heavy (non-hydrogen) atoms. The van der Waals surface area contributed by atoms with Gasteiger partial charge < -0.3 is 14.8 Å². The van der Waals surface area contributed by atoms with Gasteiger partial charge in [0.25, 0.3) is 11.6 Å². The molecule has 3 aromatic rings. The van der Waals surface area contributed by atoms with Crippen LogP contribution in [0, 0.1) is 10.1 Å². The topological polar surface area (TPSA) is 125 Å². The third-order valence-corrected chi connectivity index (χ3v) is 5.15. The average molecular weight is 454 g/mol. The van der Waals surface area contributed by atoms with Crippen molar-refractivity contribution in [2.45, 2.75) is 6.92 Å². The number of hydrogen-bond acceptors (Lipinski definition) is 8. The van der Waals surface area contributed by atoms with E-state index in [4.69, 9.17) is 9.47 Å². The van der Waals surface area contributed by atoms with Crippen LogP contribution in [0.15, 0.2) is 60.0 Å². The Morgan fingerprint density at radius 3 is 2.31 bits per heavy atom. The van der Waals surface area contributed by atoms with E-state index >= 15 is 0 Å². The van der Waals surface area contributed by atoms with Gasteiger partial charge >= 0.3 is 11.9 Å². The second-order valence-electron chi connectivity index (χ2n) is 6.37. The van der Waals surface area contributed by atoms with Crippen molar-refractivity contribution in [1.29, 1.82) is 0 Å². The Labute approximate surface area is 186 Å². The number of non-ortho nitro benzene ring substituents is 1. The molecule has 0 saturated heterocycles. The van der Waals surface area contributed by atoms with Crippen molar-refractivity contribution in [2.75, 3.05) is 18.5 Å². The van der Waals surface area contributed by atoms with E-state index in [1.807, 2.05) is 30.3 Å². The fourth-order valence-corrected chi connectivity index (χ4v) is 3.76. The zero-order chi connectivity index (χ0) is 23.1. The third-order valence-electron chi connectivity index (χ3n) is 4.26. The molecule has 1 N–H and O–H groups in total. The van der Waals surface area contributed by atoms with Gasteiger partial charge in [-0.2, -0.15) is 0 Å². The van der Waals surface area contributed by atoms with Gasteiger partial charge in [-0.15, -0.1) is 11.3 Å². The summed E-state index contributed by atoms with van der Waals surface area (Å²) < 4.78 is 10.1. The molecule has 0 unspecified atom stereocenters. The van der Waals surface area contributed by atoms with Crippen LogP contribution in [0.4, 0.5) is 10.7 Å². The van der Waals surface area contributed by atoms with Crippen LogP contribution in [0.5, 0.6) is 0 Å². The number of esters is 2. The summed E-state index contributed by atoms with van der Waals surface area (Å²) in [6, 6.07) is 14.0. The molecule has 0 radical (unpaired) electrons. The van der Waals surface area contributed by atoms with E-state index in [1.165, 1.54) is 24.3 Å². The number of hydrogen-bond donors (Lipinski definition) is 1. The molecule has 0 aliphatic rings. The molecule has 10 heteroatoms. The number of carbonyl (C=O) groups excluding carboxylic acids is 3. The molecule has 2 aromatic carbocycles. The number of nitrogens with zero attached hydrogens (tertiary/aromatic N) is 1. The van der Waals surface area contributed by atoms with Crippen molar-refractivity contribution >= 4 is 39.9 Å². The van der Waals surface area contributed by atoms with Crippen LogP contribution in [-0.2, 0) is 14.3 Å².